The van der Waals surface area contributed by atoms with E-state index in [0.717, 1.165) is 11.4 Å². The van der Waals surface area contributed by atoms with Gasteiger partial charge >= 0.3 is 0 Å². The summed E-state index contributed by atoms with van der Waals surface area (Å²) in [5.41, 5.74) is 2.34. The molecule has 0 saturated heterocycles. The summed E-state index contributed by atoms with van der Waals surface area (Å²) >= 11 is 1.71. The molecule has 4 nitrogen and oxygen atoms in total. The highest BCUT2D eigenvalue weighted by molar-refractivity contribution is 7.07. The minimum Gasteiger partial charge on any atom is -0.491 e. The van der Waals surface area contributed by atoms with Crippen LogP contribution in [0.15, 0.2) is 41.1 Å². The molecule has 120 valence electrons. The number of hydrogen-bond donors (Lipinski definition) is 2. The smallest absolute Gasteiger partial charge is 0.119 e. The van der Waals surface area contributed by atoms with Gasteiger partial charge in [-0.05, 0) is 67.7 Å². The van der Waals surface area contributed by atoms with Gasteiger partial charge in [0.2, 0.25) is 0 Å². The highest BCUT2D eigenvalue weighted by Crippen LogP contribution is 2.23. The molecule has 5 heteroatoms. The number of nitrogens with zero attached hydrogens (tertiary/aromatic N) is 1. The fourth-order valence-electron chi connectivity index (χ4n) is 2.17. The average molecular weight is 320 g/mol. The molecular weight excluding hydrogens is 296 g/mol. The van der Waals surface area contributed by atoms with Crippen molar-refractivity contribution in [2.75, 3.05) is 32.6 Å². The first-order chi connectivity index (χ1) is 10.5. The Labute approximate surface area is 136 Å². The van der Waals surface area contributed by atoms with E-state index < -0.39 is 6.10 Å². The fourth-order valence-corrected chi connectivity index (χ4v) is 2.92. The highest BCUT2D eigenvalue weighted by atomic mass is 32.1. The first kappa shape index (κ1) is 16.8. The maximum absolute atomic E-state index is 9.78. The number of hydrogen-bond acceptors (Lipinski definition) is 5. The third kappa shape index (κ3) is 5.33. The average Bonchev–Trinajstić information content (AvgIpc) is 3.00. The second kappa shape index (κ2) is 8.17. The van der Waals surface area contributed by atoms with Gasteiger partial charge in [-0.2, -0.15) is 11.3 Å². The normalized spacial score (nSPS) is 13.9. The molecule has 22 heavy (non-hydrogen) atoms. The van der Waals surface area contributed by atoms with Crippen molar-refractivity contribution in [3.05, 3.63) is 46.7 Å². The monoisotopic (exact) mass is 320 g/mol. The standard InChI is InChI=1S/C17H24N2O2S/c1-13(14-8-9-22-12-14)18-15-4-6-17(7-5-15)21-11-16(20)10-19(2)3/h4-9,12-13,16,18,20H,10-11H2,1-3H3. The Morgan fingerprint density at radius 2 is 1.95 bits per heavy atom. The molecule has 1 aromatic carbocycles. The SMILES string of the molecule is CC(Nc1ccc(OCC(O)CN(C)C)cc1)c1ccsc1. The summed E-state index contributed by atoms with van der Waals surface area (Å²) in [6.07, 6.45) is -0.480. The van der Waals surface area contributed by atoms with Gasteiger partial charge < -0.3 is 20.1 Å². The van der Waals surface area contributed by atoms with E-state index in [-0.39, 0.29) is 6.04 Å². The molecule has 1 heterocycles. The van der Waals surface area contributed by atoms with E-state index in [1.807, 2.05) is 43.3 Å². The Morgan fingerprint density at radius 1 is 1.23 bits per heavy atom. The van der Waals surface area contributed by atoms with Crippen LogP contribution in [0.5, 0.6) is 5.75 Å². The maximum atomic E-state index is 9.78. The first-order valence-electron chi connectivity index (χ1n) is 7.39. The predicted octanol–water partition coefficient (Wildman–Crippen LogP) is 3.22. The van der Waals surface area contributed by atoms with Crippen LogP contribution in [0, 0.1) is 0 Å². The zero-order chi connectivity index (χ0) is 15.9. The van der Waals surface area contributed by atoms with Crippen LogP contribution < -0.4 is 10.1 Å². The molecule has 0 bridgehead atoms. The minimum absolute atomic E-state index is 0.278. The minimum atomic E-state index is -0.480. The number of benzene rings is 1. The molecule has 2 atom stereocenters. The van der Waals surface area contributed by atoms with E-state index in [1.54, 1.807) is 11.3 Å². The van der Waals surface area contributed by atoms with Gasteiger partial charge in [0.15, 0.2) is 0 Å². The molecule has 0 aliphatic rings. The number of ether oxygens (including phenoxy) is 1. The van der Waals surface area contributed by atoms with Gasteiger partial charge in [0.25, 0.3) is 0 Å². The molecule has 0 aliphatic heterocycles. The number of aliphatic hydroxyl groups is 1. The second-order valence-electron chi connectivity index (χ2n) is 5.67. The van der Waals surface area contributed by atoms with Gasteiger partial charge in [0.1, 0.15) is 18.5 Å². The van der Waals surface area contributed by atoms with Crippen LogP contribution in [0.4, 0.5) is 5.69 Å². The van der Waals surface area contributed by atoms with Crippen molar-refractivity contribution in [1.82, 2.24) is 4.90 Å². The molecule has 2 N–H and O–H groups in total. The molecule has 2 aromatic rings. The van der Waals surface area contributed by atoms with Crippen LogP contribution >= 0.6 is 11.3 Å². The second-order valence-corrected chi connectivity index (χ2v) is 6.45. The maximum Gasteiger partial charge on any atom is 0.119 e. The lowest BCUT2D eigenvalue weighted by Crippen LogP contribution is -2.30. The van der Waals surface area contributed by atoms with Crippen LogP contribution in [-0.2, 0) is 0 Å². The van der Waals surface area contributed by atoms with Gasteiger partial charge in [0, 0.05) is 18.3 Å². The van der Waals surface area contributed by atoms with Gasteiger partial charge in [-0.15, -0.1) is 0 Å². The summed E-state index contributed by atoms with van der Waals surface area (Å²) in [4.78, 5) is 1.94. The van der Waals surface area contributed by atoms with Crippen molar-refractivity contribution in [2.24, 2.45) is 0 Å². The van der Waals surface area contributed by atoms with E-state index in [0.29, 0.717) is 13.2 Å². The quantitative estimate of drug-likeness (QED) is 0.784. The van der Waals surface area contributed by atoms with Gasteiger partial charge in [-0.1, -0.05) is 0 Å². The Kier molecular flexibility index (Phi) is 6.24. The van der Waals surface area contributed by atoms with Gasteiger partial charge in [0.05, 0.1) is 0 Å². The third-order valence-corrected chi connectivity index (χ3v) is 4.00. The Bertz CT molecular complexity index is 540. The summed E-state index contributed by atoms with van der Waals surface area (Å²) in [7, 11) is 3.86. The first-order valence-corrected chi connectivity index (χ1v) is 8.33. The summed E-state index contributed by atoms with van der Waals surface area (Å²) in [5.74, 6) is 0.770. The zero-order valence-corrected chi connectivity index (χ0v) is 14.1. The van der Waals surface area contributed by atoms with E-state index in [1.165, 1.54) is 5.56 Å². The van der Waals surface area contributed by atoms with Crippen molar-refractivity contribution in [3.63, 3.8) is 0 Å². The summed E-state index contributed by atoms with van der Waals surface area (Å²) < 4.78 is 5.60. The van der Waals surface area contributed by atoms with Crippen LogP contribution in [0.2, 0.25) is 0 Å². The van der Waals surface area contributed by atoms with Crippen molar-refractivity contribution < 1.29 is 9.84 Å². The molecular formula is C17H24N2O2S. The lowest BCUT2D eigenvalue weighted by molar-refractivity contribution is 0.0831. The fraction of sp³-hybridized carbons (Fsp3) is 0.412. The van der Waals surface area contributed by atoms with Crippen LogP contribution in [-0.4, -0.2) is 43.4 Å². The molecule has 2 rings (SSSR count). The highest BCUT2D eigenvalue weighted by Gasteiger charge is 2.08. The van der Waals surface area contributed by atoms with Crippen molar-refractivity contribution in [1.29, 1.82) is 0 Å². The number of nitrogens with one attached hydrogen (secondary N) is 1. The third-order valence-electron chi connectivity index (χ3n) is 3.30. The summed E-state index contributed by atoms with van der Waals surface area (Å²) in [6.45, 7) is 3.04. The number of aliphatic hydroxyl groups excluding tert-OH is 1. The van der Waals surface area contributed by atoms with Crippen LogP contribution in [0.1, 0.15) is 18.5 Å². The number of likely N-dealkylation sites (N-methyl/N-ethyl adjacent to an activating group) is 1. The zero-order valence-electron chi connectivity index (χ0n) is 13.3. The van der Waals surface area contributed by atoms with Crippen molar-refractivity contribution in [2.45, 2.75) is 19.1 Å². The Morgan fingerprint density at radius 3 is 2.55 bits per heavy atom. The molecule has 0 radical (unpaired) electrons. The summed E-state index contributed by atoms with van der Waals surface area (Å²) in [6, 6.07) is 10.2. The van der Waals surface area contributed by atoms with E-state index >= 15 is 0 Å². The lowest BCUT2D eigenvalue weighted by atomic mass is 10.1. The van der Waals surface area contributed by atoms with Gasteiger partial charge in [-0.3, -0.25) is 0 Å². The molecule has 0 aliphatic carbocycles. The molecule has 2 unspecified atom stereocenters. The number of thiophene rings is 1. The molecule has 0 fully saturated rings. The molecule has 0 saturated carbocycles. The Hall–Kier alpha value is -1.56. The topological polar surface area (TPSA) is 44.7 Å². The predicted molar refractivity (Wildman–Crippen MR) is 92.9 cm³/mol. The van der Waals surface area contributed by atoms with Crippen molar-refractivity contribution >= 4 is 17.0 Å². The largest absolute Gasteiger partial charge is 0.491 e. The molecule has 1 aromatic heterocycles. The summed E-state index contributed by atoms with van der Waals surface area (Å²) in [5, 5.41) is 17.5. The van der Waals surface area contributed by atoms with E-state index in [2.05, 4.69) is 29.1 Å². The molecule has 0 spiro atoms. The molecule has 0 amide bonds. The van der Waals surface area contributed by atoms with Gasteiger partial charge in [-0.25, -0.2) is 0 Å². The lowest BCUT2D eigenvalue weighted by Gasteiger charge is -2.17. The van der Waals surface area contributed by atoms with E-state index in [9.17, 15) is 5.11 Å². The number of anilines is 1. The van der Waals surface area contributed by atoms with Crippen LogP contribution in [0.3, 0.4) is 0 Å². The van der Waals surface area contributed by atoms with Crippen LogP contribution in [0.25, 0.3) is 0 Å². The van der Waals surface area contributed by atoms with E-state index in [4.69, 9.17) is 4.74 Å². The number of rotatable bonds is 8. The van der Waals surface area contributed by atoms with Crippen molar-refractivity contribution in [3.8, 4) is 5.75 Å². The Balaban J connectivity index is 1.82.